The monoisotopic (exact) mass is 178 g/mol. The molecule has 0 heterocycles. The minimum Gasteiger partial charge on any atom is -0.508 e. The van der Waals surface area contributed by atoms with Crippen LogP contribution in [-0.4, -0.2) is 17.3 Å². The smallest absolute Gasteiger partial charge is 0.211 e. The second-order valence-electron chi connectivity index (χ2n) is 2.36. The first-order chi connectivity index (χ1) is 6.18. The molecule has 0 aliphatic heterocycles. The van der Waals surface area contributed by atoms with Crippen LogP contribution in [0.2, 0.25) is 0 Å². The number of phenols is 1. The van der Waals surface area contributed by atoms with Crippen molar-refractivity contribution in [1.29, 1.82) is 0 Å². The summed E-state index contributed by atoms with van der Waals surface area (Å²) in [4.78, 5) is 0. The standard InChI is InChI=1S/C8H10N4O/c9-8(10)12-11-5-6-1-3-7(13)4-2-6/h1-5,13H,(H4,9,10,12)/b11-5-. The van der Waals surface area contributed by atoms with Gasteiger partial charge in [0, 0.05) is 0 Å². The molecule has 5 N–H and O–H groups in total. The highest BCUT2D eigenvalue weighted by Crippen LogP contribution is 2.07. The molecule has 0 aromatic heterocycles. The van der Waals surface area contributed by atoms with Crippen molar-refractivity contribution in [3.63, 3.8) is 0 Å². The van der Waals surface area contributed by atoms with E-state index in [4.69, 9.17) is 16.6 Å². The van der Waals surface area contributed by atoms with E-state index in [2.05, 4.69) is 10.2 Å². The van der Waals surface area contributed by atoms with Crippen LogP contribution < -0.4 is 11.5 Å². The predicted octanol–water partition coefficient (Wildman–Crippen LogP) is -0.000500. The molecule has 0 saturated carbocycles. The normalized spacial score (nSPS) is 10.2. The van der Waals surface area contributed by atoms with E-state index in [0.29, 0.717) is 0 Å². The molecule has 0 atom stereocenters. The third kappa shape index (κ3) is 3.24. The average Bonchev–Trinajstić information content (AvgIpc) is 2.08. The molecule has 1 rings (SSSR count). The molecule has 5 nitrogen and oxygen atoms in total. The number of phenolic OH excluding ortho intramolecular Hbond substituents is 1. The molecular formula is C8H10N4O. The summed E-state index contributed by atoms with van der Waals surface area (Å²) in [5.74, 6) is 0.119. The van der Waals surface area contributed by atoms with Gasteiger partial charge < -0.3 is 16.6 Å². The van der Waals surface area contributed by atoms with Gasteiger partial charge in [0.15, 0.2) is 0 Å². The highest BCUT2D eigenvalue weighted by Gasteiger charge is 1.87. The Morgan fingerprint density at radius 3 is 2.38 bits per heavy atom. The van der Waals surface area contributed by atoms with E-state index in [1.165, 1.54) is 6.21 Å². The molecule has 0 radical (unpaired) electrons. The maximum absolute atomic E-state index is 8.96. The third-order valence-corrected chi connectivity index (χ3v) is 1.27. The van der Waals surface area contributed by atoms with Gasteiger partial charge in [0.05, 0.1) is 6.21 Å². The predicted molar refractivity (Wildman–Crippen MR) is 51.5 cm³/mol. The Morgan fingerprint density at radius 1 is 1.23 bits per heavy atom. The molecule has 0 aliphatic rings. The van der Waals surface area contributed by atoms with Crippen molar-refractivity contribution in [2.75, 3.05) is 0 Å². The van der Waals surface area contributed by atoms with E-state index in [9.17, 15) is 0 Å². The van der Waals surface area contributed by atoms with Gasteiger partial charge in [-0.05, 0) is 29.8 Å². The van der Waals surface area contributed by atoms with Gasteiger partial charge in [-0.2, -0.15) is 5.10 Å². The van der Waals surface area contributed by atoms with Crippen molar-refractivity contribution in [2.45, 2.75) is 0 Å². The van der Waals surface area contributed by atoms with Crippen LogP contribution in [0.4, 0.5) is 0 Å². The largest absolute Gasteiger partial charge is 0.508 e. The van der Waals surface area contributed by atoms with E-state index in [0.717, 1.165) is 5.56 Å². The van der Waals surface area contributed by atoms with Crippen LogP contribution in [0.25, 0.3) is 0 Å². The van der Waals surface area contributed by atoms with E-state index in [1.807, 2.05) is 0 Å². The van der Waals surface area contributed by atoms with Crippen molar-refractivity contribution in [2.24, 2.45) is 21.7 Å². The van der Waals surface area contributed by atoms with E-state index < -0.39 is 0 Å². The minimum absolute atomic E-state index is 0.0879. The maximum Gasteiger partial charge on any atom is 0.211 e. The van der Waals surface area contributed by atoms with Gasteiger partial charge in [0.25, 0.3) is 0 Å². The molecule has 13 heavy (non-hydrogen) atoms. The lowest BCUT2D eigenvalue weighted by Gasteiger charge is -1.91. The topological polar surface area (TPSA) is 97.0 Å². The number of rotatable bonds is 2. The number of aromatic hydroxyl groups is 1. The Labute approximate surface area is 75.4 Å². The number of hydrogen-bond donors (Lipinski definition) is 3. The second-order valence-corrected chi connectivity index (χ2v) is 2.36. The van der Waals surface area contributed by atoms with Crippen molar-refractivity contribution in [3.8, 4) is 5.75 Å². The highest BCUT2D eigenvalue weighted by molar-refractivity contribution is 5.81. The first-order valence-corrected chi connectivity index (χ1v) is 3.59. The van der Waals surface area contributed by atoms with Gasteiger partial charge in [-0.25, -0.2) is 0 Å². The van der Waals surface area contributed by atoms with E-state index in [-0.39, 0.29) is 11.7 Å². The summed E-state index contributed by atoms with van der Waals surface area (Å²) in [5, 5.41) is 16.0. The lowest BCUT2D eigenvalue weighted by Crippen LogP contribution is -2.21. The molecule has 1 aromatic rings. The lowest BCUT2D eigenvalue weighted by molar-refractivity contribution is 0.475. The summed E-state index contributed by atoms with van der Waals surface area (Å²) in [6.07, 6.45) is 1.49. The summed E-state index contributed by atoms with van der Waals surface area (Å²) in [6, 6.07) is 6.50. The van der Waals surface area contributed by atoms with Crippen LogP contribution in [0, 0.1) is 0 Å². The Hall–Kier alpha value is -2.04. The van der Waals surface area contributed by atoms with E-state index in [1.54, 1.807) is 24.3 Å². The third-order valence-electron chi connectivity index (χ3n) is 1.27. The zero-order valence-corrected chi connectivity index (χ0v) is 6.88. The van der Waals surface area contributed by atoms with E-state index >= 15 is 0 Å². The molecule has 1 aromatic carbocycles. The second kappa shape index (κ2) is 4.10. The van der Waals surface area contributed by atoms with Gasteiger partial charge >= 0.3 is 0 Å². The SMILES string of the molecule is NC(N)=N/N=C\c1ccc(O)cc1. The maximum atomic E-state index is 8.96. The molecule has 5 heteroatoms. The number of hydrogen-bond acceptors (Lipinski definition) is 3. The van der Waals surface area contributed by atoms with Crippen LogP contribution in [0.15, 0.2) is 34.5 Å². The van der Waals surface area contributed by atoms with Crippen LogP contribution >= 0.6 is 0 Å². The molecule has 0 bridgehead atoms. The van der Waals surface area contributed by atoms with Crippen LogP contribution in [0.1, 0.15) is 5.56 Å². The van der Waals surface area contributed by atoms with Gasteiger partial charge in [-0.3, -0.25) is 0 Å². The van der Waals surface area contributed by atoms with Gasteiger partial charge in [0.2, 0.25) is 5.96 Å². The number of guanidine groups is 1. The highest BCUT2D eigenvalue weighted by atomic mass is 16.3. The zero-order chi connectivity index (χ0) is 9.68. The molecule has 0 saturated heterocycles. The van der Waals surface area contributed by atoms with Crippen LogP contribution in [0.5, 0.6) is 5.75 Å². The average molecular weight is 178 g/mol. The Kier molecular flexibility index (Phi) is 2.86. The molecule has 0 unspecified atom stereocenters. The fourth-order valence-electron chi connectivity index (χ4n) is 0.723. The summed E-state index contributed by atoms with van der Waals surface area (Å²) < 4.78 is 0. The molecule has 68 valence electrons. The molecular weight excluding hydrogens is 168 g/mol. The summed E-state index contributed by atoms with van der Waals surface area (Å²) >= 11 is 0. The van der Waals surface area contributed by atoms with Crippen molar-refractivity contribution < 1.29 is 5.11 Å². The number of nitrogens with two attached hydrogens (primary N) is 2. The lowest BCUT2D eigenvalue weighted by atomic mass is 10.2. The first-order valence-electron chi connectivity index (χ1n) is 3.59. The fourth-order valence-corrected chi connectivity index (χ4v) is 0.723. The van der Waals surface area contributed by atoms with Crippen molar-refractivity contribution in [3.05, 3.63) is 29.8 Å². The molecule has 0 aliphatic carbocycles. The number of benzene rings is 1. The molecule has 0 spiro atoms. The van der Waals surface area contributed by atoms with Crippen molar-refractivity contribution in [1.82, 2.24) is 0 Å². The molecule has 0 fully saturated rings. The van der Waals surface area contributed by atoms with Gasteiger partial charge in [-0.15, -0.1) is 5.10 Å². The number of nitrogens with zero attached hydrogens (tertiary/aromatic N) is 2. The molecule has 0 amide bonds. The summed E-state index contributed by atoms with van der Waals surface area (Å²) in [6.45, 7) is 0. The Morgan fingerprint density at radius 2 is 1.85 bits per heavy atom. The Balaban J connectivity index is 2.70. The van der Waals surface area contributed by atoms with Crippen LogP contribution in [0.3, 0.4) is 0 Å². The minimum atomic E-state index is -0.0879. The fraction of sp³-hybridized carbons (Fsp3) is 0. The zero-order valence-electron chi connectivity index (χ0n) is 6.88. The summed E-state index contributed by atoms with van der Waals surface area (Å²) in [5.41, 5.74) is 10.9. The summed E-state index contributed by atoms with van der Waals surface area (Å²) in [7, 11) is 0. The first kappa shape index (κ1) is 9.05. The van der Waals surface area contributed by atoms with Gasteiger partial charge in [-0.1, -0.05) is 0 Å². The van der Waals surface area contributed by atoms with Crippen molar-refractivity contribution >= 4 is 12.2 Å². The Bertz CT molecular complexity index is 325. The quantitative estimate of drug-likeness (QED) is 0.338. The van der Waals surface area contributed by atoms with Gasteiger partial charge in [0.1, 0.15) is 5.75 Å². The van der Waals surface area contributed by atoms with Crippen LogP contribution in [-0.2, 0) is 0 Å².